The highest BCUT2D eigenvalue weighted by molar-refractivity contribution is 9.10. The van der Waals surface area contributed by atoms with Crippen LogP contribution in [0, 0.1) is 0 Å². The molecule has 0 radical (unpaired) electrons. The van der Waals surface area contributed by atoms with Crippen molar-refractivity contribution in [3.63, 3.8) is 0 Å². The second-order valence-electron chi connectivity index (χ2n) is 6.73. The maximum absolute atomic E-state index is 6.19. The lowest BCUT2D eigenvalue weighted by Crippen LogP contribution is -2.11. The average Bonchev–Trinajstić information content (AvgIpc) is 3.34. The topological polar surface area (TPSA) is 95.7 Å². The molecule has 0 bridgehead atoms. The van der Waals surface area contributed by atoms with Gasteiger partial charge in [-0.15, -0.1) is 10.2 Å². The number of rotatable bonds is 6. The Morgan fingerprint density at radius 2 is 1.86 bits per heavy atom. The number of nitrogens with two attached hydrogens (primary N) is 1. The first-order chi connectivity index (χ1) is 14.0. The van der Waals surface area contributed by atoms with Crippen molar-refractivity contribution in [3.8, 4) is 22.8 Å². The number of aromatic nitrogens is 5. The van der Waals surface area contributed by atoms with E-state index in [2.05, 4.69) is 62.2 Å². The zero-order valence-electron chi connectivity index (χ0n) is 15.9. The van der Waals surface area contributed by atoms with Gasteiger partial charge in [-0.2, -0.15) is 4.98 Å². The number of thioether (sulfide) groups is 1. The summed E-state index contributed by atoms with van der Waals surface area (Å²) in [5.41, 5.74) is 3.07. The zero-order chi connectivity index (χ0) is 20.4. The van der Waals surface area contributed by atoms with E-state index in [0.717, 1.165) is 15.6 Å². The maximum atomic E-state index is 6.19. The van der Waals surface area contributed by atoms with E-state index in [-0.39, 0.29) is 0 Å². The van der Waals surface area contributed by atoms with Crippen LogP contribution in [0.3, 0.4) is 0 Å². The van der Waals surface area contributed by atoms with E-state index >= 15 is 0 Å². The smallest absolute Gasteiger partial charge is 0.237 e. The molecule has 0 saturated carbocycles. The van der Waals surface area contributed by atoms with Crippen molar-refractivity contribution >= 4 is 27.7 Å². The molecule has 9 heteroatoms. The van der Waals surface area contributed by atoms with Gasteiger partial charge in [0.05, 0.1) is 5.75 Å². The van der Waals surface area contributed by atoms with Crippen molar-refractivity contribution < 1.29 is 4.52 Å². The second kappa shape index (κ2) is 8.38. The number of hydrogen-bond acceptors (Lipinski definition) is 7. The van der Waals surface area contributed by atoms with Crippen LogP contribution in [0.25, 0.3) is 22.8 Å². The highest BCUT2D eigenvalue weighted by atomic mass is 79.9. The van der Waals surface area contributed by atoms with Crippen molar-refractivity contribution in [1.82, 2.24) is 25.0 Å². The lowest BCUT2D eigenvalue weighted by Gasteiger charge is -2.04. The fourth-order valence-electron chi connectivity index (χ4n) is 2.78. The van der Waals surface area contributed by atoms with E-state index in [4.69, 9.17) is 10.4 Å². The van der Waals surface area contributed by atoms with Gasteiger partial charge in [-0.25, -0.2) is 4.68 Å². The Hall–Kier alpha value is -2.65. The monoisotopic (exact) mass is 470 g/mol. The molecule has 148 valence electrons. The number of nitrogens with zero attached hydrogens (tertiary/aromatic N) is 5. The summed E-state index contributed by atoms with van der Waals surface area (Å²) in [6.45, 7) is 4.33. The first-order valence-corrected chi connectivity index (χ1v) is 10.8. The molecule has 0 fully saturated rings. The van der Waals surface area contributed by atoms with Crippen molar-refractivity contribution in [3.05, 3.63) is 64.5 Å². The van der Waals surface area contributed by atoms with Gasteiger partial charge in [-0.3, -0.25) is 0 Å². The van der Waals surface area contributed by atoms with Crippen LogP contribution in [-0.2, 0) is 5.75 Å². The highest BCUT2D eigenvalue weighted by Crippen LogP contribution is 2.29. The summed E-state index contributed by atoms with van der Waals surface area (Å²) in [5, 5.41) is 13.0. The molecule has 0 aliphatic rings. The molecule has 2 aromatic heterocycles. The molecule has 2 aromatic carbocycles. The van der Waals surface area contributed by atoms with Gasteiger partial charge in [0, 0.05) is 15.6 Å². The summed E-state index contributed by atoms with van der Waals surface area (Å²) in [6, 6.07) is 15.9. The van der Waals surface area contributed by atoms with Crippen LogP contribution < -0.4 is 5.84 Å². The third-order valence-corrected chi connectivity index (χ3v) is 6.03. The minimum Gasteiger partial charge on any atom is -0.338 e. The summed E-state index contributed by atoms with van der Waals surface area (Å²) in [5.74, 6) is 8.77. The van der Waals surface area contributed by atoms with Crippen molar-refractivity contribution in [2.75, 3.05) is 5.84 Å². The van der Waals surface area contributed by atoms with E-state index in [0.29, 0.717) is 34.4 Å². The van der Waals surface area contributed by atoms with Gasteiger partial charge in [0.1, 0.15) is 0 Å². The minimum atomic E-state index is 0.447. The van der Waals surface area contributed by atoms with Crippen LogP contribution in [0.2, 0.25) is 0 Å². The molecule has 0 spiro atoms. The molecule has 0 amide bonds. The molecule has 2 heterocycles. The van der Waals surface area contributed by atoms with E-state index in [1.165, 1.54) is 22.0 Å². The molecule has 0 aliphatic heterocycles. The Kier molecular flexibility index (Phi) is 5.68. The fraction of sp³-hybridized carbons (Fsp3) is 0.200. The average molecular weight is 471 g/mol. The molecule has 7 nitrogen and oxygen atoms in total. The van der Waals surface area contributed by atoms with E-state index < -0.39 is 0 Å². The van der Waals surface area contributed by atoms with Gasteiger partial charge in [0.2, 0.25) is 16.9 Å². The molecule has 0 unspecified atom stereocenters. The third kappa shape index (κ3) is 4.20. The van der Waals surface area contributed by atoms with E-state index in [1.54, 1.807) is 0 Å². The number of benzene rings is 2. The molecule has 0 saturated heterocycles. The standard InChI is InChI=1S/C20H19BrN6OS/c1-12(2)13-7-9-14(10-8-13)18-23-17(28-26-18)11-29-20-25-24-19(27(20)22)15-5-3-4-6-16(15)21/h3-10,12H,11,22H2,1-2H3. The van der Waals surface area contributed by atoms with Crippen LogP contribution >= 0.6 is 27.7 Å². The minimum absolute atomic E-state index is 0.447. The Morgan fingerprint density at radius 3 is 2.59 bits per heavy atom. The van der Waals surface area contributed by atoms with Gasteiger partial charge < -0.3 is 10.4 Å². The number of hydrogen-bond donors (Lipinski definition) is 1. The molecule has 2 N–H and O–H groups in total. The summed E-state index contributed by atoms with van der Waals surface area (Å²) in [7, 11) is 0. The van der Waals surface area contributed by atoms with Crippen LogP contribution in [0.15, 0.2) is 62.7 Å². The lowest BCUT2D eigenvalue weighted by atomic mass is 10.0. The number of halogens is 1. The molecule has 29 heavy (non-hydrogen) atoms. The van der Waals surface area contributed by atoms with E-state index in [9.17, 15) is 0 Å². The van der Waals surface area contributed by atoms with Crippen molar-refractivity contribution in [1.29, 1.82) is 0 Å². The summed E-state index contributed by atoms with van der Waals surface area (Å²) >= 11 is 4.90. The predicted molar refractivity (Wildman–Crippen MR) is 117 cm³/mol. The van der Waals surface area contributed by atoms with Crippen LogP contribution in [0.4, 0.5) is 0 Å². The molecule has 4 aromatic rings. The lowest BCUT2D eigenvalue weighted by molar-refractivity contribution is 0.391. The Bertz CT molecular complexity index is 1120. The SMILES string of the molecule is CC(C)c1ccc(-c2noc(CSc3nnc(-c4ccccc4Br)n3N)n2)cc1. The summed E-state index contributed by atoms with van der Waals surface area (Å²) < 4.78 is 7.75. The van der Waals surface area contributed by atoms with Crippen LogP contribution in [0.1, 0.15) is 31.2 Å². The van der Waals surface area contributed by atoms with Gasteiger partial charge in [-0.05, 0) is 23.6 Å². The first kappa shape index (κ1) is 19.7. The maximum Gasteiger partial charge on any atom is 0.237 e. The normalized spacial score (nSPS) is 11.3. The Labute approximate surface area is 180 Å². The van der Waals surface area contributed by atoms with Crippen LogP contribution in [-0.4, -0.2) is 25.0 Å². The Balaban J connectivity index is 1.46. The zero-order valence-corrected chi connectivity index (χ0v) is 18.3. The molecule has 0 atom stereocenters. The number of nitrogen functional groups attached to an aromatic ring is 1. The van der Waals surface area contributed by atoms with Gasteiger partial charge in [0.25, 0.3) is 0 Å². The highest BCUT2D eigenvalue weighted by Gasteiger charge is 2.16. The first-order valence-electron chi connectivity index (χ1n) is 9.04. The van der Waals surface area contributed by atoms with Crippen LogP contribution in [0.5, 0.6) is 0 Å². The quantitative estimate of drug-likeness (QED) is 0.316. The largest absolute Gasteiger partial charge is 0.338 e. The van der Waals surface area contributed by atoms with Gasteiger partial charge >= 0.3 is 0 Å². The summed E-state index contributed by atoms with van der Waals surface area (Å²) in [4.78, 5) is 4.47. The van der Waals surface area contributed by atoms with Crippen molar-refractivity contribution in [2.24, 2.45) is 0 Å². The molecular formula is C20H19BrN6OS. The van der Waals surface area contributed by atoms with Gasteiger partial charge in [-0.1, -0.05) is 83.1 Å². The van der Waals surface area contributed by atoms with Gasteiger partial charge in [0.15, 0.2) is 5.82 Å². The Morgan fingerprint density at radius 1 is 1.10 bits per heavy atom. The molecular weight excluding hydrogens is 452 g/mol. The van der Waals surface area contributed by atoms with E-state index in [1.807, 2.05) is 36.4 Å². The predicted octanol–water partition coefficient (Wildman–Crippen LogP) is 4.89. The molecule has 0 aliphatic carbocycles. The fourth-order valence-corrected chi connectivity index (χ4v) is 3.93. The summed E-state index contributed by atoms with van der Waals surface area (Å²) in [6.07, 6.45) is 0. The second-order valence-corrected chi connectivity index (χ2v) is 8.53. The third-order valence-electron chi connectivity index (χ3n) is 4.41. The van der Waals surface area contributed by atoms with Crippen molar-refractivity contribution in [2.45, 2.75) is 30.7 Å². The molecule has 4 rings (SSSR count).